The third kappa shape index (κ3) is 7.77. The fraction of sp³-hybridized carbons (Fsp3) is 0. The second-order valence-electron chi connectivity index (χ2n) is 2.18. The summed E-state index contributed by atoms with van der Waals surface area (Å²) in [6.45, 7) is 0. The molecule has 1 rings (SSSR count). The summed E-state index contributed by atoms with van der Waals surface area (Å²) in [5.74, 6) is 0.141. The zero-order valence-electron chi connectivity index (χ0n) is 6.81. The van der Waals surface area contributed by atoms with Gasteiger partial charge in [0.1, 0.15) is 0 Å². The van der Waals surface area contributed by atoms with Crippen LogP contribution < -0.4 is 5.73 Å². The lowest BCUT2D eigenvalue weighted by molar-refractivity contribution is -0.256. The van der Waals surface area contributed by atoms with Crippen molar-refractivity contribution in [3.63, 3.8) is 0 Å². The molecule has 0 fully saturated rings. The van der Waals surface area contributed by atoms with Gasteiger partial charge in [-0.15, -0.1) is 0 Å². The third-order valence-corrected chi connectivity index (χ3v) is 1.28. The van der Waals surface area contributed by atoms with Crippen molar-refractivity contribution in [3.05, 3.63) is 23.2 Å². The van der Waals surface area contributed by atoms with Crippen LogP contribution in [0.3, 0.4) is 0 Å². The maximum atomic E-state index is 8.95. The van der Waals surface area contributed by atoms with Crippen molar-refractivity contribution < 1.29 is 28.4 Å². The van der Waals surface area contributed by atoms with Gasteiger partial charge in [-0.05, 0) is 6.07 Å². The molecule has 0 radical (unpaired) electrons. The number of hydrogen-bond donors (Lipinski definition) is 2. The van der Waals surface area contributed by atoms with Crippen LogP contribution in [0.25, 0.3) is 0 Å². The molecule has 80 valence electrons. The molecular formula is C6H7ClNO5S-. The minimum Gasteiger partial charge on any atom is -0.759 e. The van der Waals surface area contributed by atoms with Gasteiger partial charge in [-0.2, -0.15) is 0 Å². The Hall–Kier alpha value is -0.860. The van der Waals surface area contributed by atoms with Gasteiger partial charge in [-0.1, -0.05) is 11.6 Å². The van der Waals surface area contributed by atoms with Crippen molar-refractivity contribution >= 4 is 27.7 Å². The number of halogens is 1. The Bertz CT molecular complexity index is 397. The SMILES string of the molecule is O=S(=O)([O-])[O-].[NH3+]c1ccc(Cl)cc1O. The van der Waals surface area contributed by atoms with E-state index >= 15 is 0 Å². The Morgan fingerprint density at radius 3 is 2.07 bits per heavy atom. The van der Waals surface area contributed by atoms with Gasteiger partial charge in [0.2, 0.25) is 0 Å². The van der Waals surface area contributed by atoms with Crippen molar-refractivity contribution in [2.45, 2.75) is 0 Å². The molecule has 0 atom stereocenters. The average molecular weight is 241 g/mol. The lowest BCUT2D eigenvalue weighted by Gasteiger charge is -2.06. The normalized spacial score (nSPS) is 10.3. The smallest absolute Gasteiger partial charge is 0.178 e. The topological polar surface area (TPSA) is 128 Å². The number of rotatable bonds is 0. The molecule has 0 spiro atoms. The van der Waals surface area contributed by atoms with E-state index in [9.17, 15) is 0 Å². The zero-order valence-corrected chi connectivity index (χ0v) is 8.38. The zero-order chi connectivity index (χ0) is 11.4. The fourth-order valence-corrected chi connectivity index (χ4v) is 0.703. The summed E-state index contributed by atoms with van der Waals surface area (Å²) in [5, 5.41) is 9.48. The van der Waals surface area contributed by atoms with Gasteiger partial charge in [-0.25, -0.2) is 0 Å². The van der Waals surface area contributed by atoms with E-state index in [2.05, 4.69) is 5.73 Å². The van der Waals surface area contributed by atoms with Gasteiger partial charge in [0.05, 0.1) is 0 Å². The molecule has 1 aromatic rings. The van der Waals surface area contributed by atoms with Gasteiger partial charge >= 0.3 is 0 Å². The summed E-state index contributed by atoms with van der Waals surface area (Å²) >= 11 is 5.53. The van der Waals surface area contributed by atoms with E-state index in [4.69, 9.17) is 34.2 Å². The van der Waals surface area contributed by atoms with Crippen LogP contribution in [0.2, 0.25) is 5.02 Å². The third-order valence-electron chi connectivity index (χ3n) is 1.05. The van der Waals surface area contributed by atoms with E-state index in [0.717, 1.165) is 0 Å². The van der Waals surface area contributed by atoms with Gasteiger partial charge in [0.15, 0.2) is 11.4 Å². The van der Waals surface area contributed by atoms with Crippen LogP contribution in [0, 0.1) is 0 Å². The van der Waals surface area contributed by atoms with E-state index < -0.39 is 10.4 Å². The minimum absolute atomic E-state index is 0.141. The number of hydrogen-bond acceptors (Lipinski definition) is 5. The van der Waals surface area contributed by atoms with Crippen LogP contribution in [-0.2, 0) is 10.4 Å². The Kier molecular flexibility index (Phi) is 4.81. The van der Waals surface area contributed by atoms with Crippen LogP contribution in [-0.4, -0.2) is 22.6 Å². The highest BCUT2D eigenvalue weighted by atomic mass is 35.5. The van der Waals surface area contributed by atoms with Crippen molar-refractivity contribution in [1.29, 1.82) is 0 Å². The second kappa shape index (κ2) is 5.13. The van der Waals surface area contributed by atoms with Gasteiger partial charge in [0, 0.05) is 27.6 Å². The first-order chi connectivity index (χ1) is 6.20. The summed E-state index contributed by atoms with van der Waals surface area (Å²) in [4.78, 5) is 0. The van der Waals surface area contributed by atoms with E-state index in [1.165, 1.54) is 6.07 Å². The molecule has 0 aromatic heterocycles. The number of quaternary nitrogens is 1. The average Bonchev–Trinajstić information content (AvgIpc) is 1.94. The maximum Gasteiger partial charge on any atom is 0.178 e. The van der Waals surface area contributed by atoms with Crippen molar-refractivity contribution in [2.75, 3.05) is 0 Å². The minimum atomic E-state index is -5.17. The first kappa shape index (κ1) is 13.1. The molecule has 0 saturated carbocycles. The quantitative estimate of drug-likeness (QED) is 0.470. The summed E-state index contributed by atoms with van der Waals surface area (Å²) in [6.07, 6.45) is 0. The standard InChI is InChI=1S/C6H6ClNO.H2O4S/c7-4-1-2-5(8)6(9)3-4;1-5(2,3)4/h1-3,9H,8H2;(H2,1,2,3,4)/p-1. The van der Waals surface area contributed by atoms with Gasteiger partial charge in [-0.3, -0.25) is 8.42 Å². The lowest BCUT2D eigenvalue weighted by Crippen LogP contribution is -2.40. The van der Waals surface area contributed by atoms with E-state index in [0.29, 0.717) is 10.7 Å². The van der Waals surface area contributed by atoms with Crippen LogP contribution in [0.15, 0.2) is 18.2 Å². The van der Waals surface area contributed by atoms with Crippen LogP contribution in [0.5, 0.6) is 5.75 Å². The Balaban J connectivity index is 0.000000292. The van der Waals surface area contributed by atoms with Crippen molar-refractivity contribution in [2.24, 2.45) is 0 Å². The molecule has 0 amide bonds. The number of aromatic hydroxyl groups is 1. The maximum absolute atomic E-state index is 8.95. The van der Waals surface area contributed by atoms with Crippen LogP contribution in [0.4, 0.5) is 5.69 Å². The van der Waals surface area contributed by atoms with E-state index in [1.807, 2.05) is 0 Å². The lowest BCUT2D eigenvalue weighted by atomic mass is 10.3. The summed E-state index contributed by atoms with van der Waals surface area (Å²) in [6, 6.07) is 4.81. The second-order valence-corrected chi connectivity index (χ2v) is 3.43. The molecule has 0 bridgehead atoms. The molecule has 0 aliphatic rings. The highest BCUT2D eigenvalue weighted by Crippen LogP contribution is 2.21. The largest absolute Gasteiger partial charge is 0.759 e. The summed E-state index contributed by atoms with van der Waals surface area (Å²) in [5.41, 5.74) is 4.15. The molecule has 0 aliphatic carbocycles. The first-order valence-corrected chi connectivity index (χ1v) is 4.88. The summed E-state index contributed by atoms with van der Waals surface area (Å²) < 4.78 is 34.1. The Labute approximate surface area is 85.5 Å². The van der Waals surface area contributed by atoms with E-state index in [-0.39, 0.29) is 5.75 Å². The van der Waals surface area contributed by atoms with Crippen LogP contribution in [0.1, 0.15) is 0 Å². The summed E-state index contributed by atoms with van der Waals surface area (Å²) in [7, 11) is -5.17. The highest BCUT2D eigenvalue weighted by Gasteiger charge is 1.97. The monoisotopic (exact) mass is 240 g/mol. The molecule has 6 nitrogen and oxygen atoms in total. The molecule has 0 aliphatic heterocycles. The van der Waals surface area contributed by atoms with Crippen molar-refractivity contribution in [3.8, 4) is 5.75 Å². The molecule has 14 heavy (non-hydrogen) atoms. The molecule has 1 aromatic carbocycles. The number of phenols is 1. The Morgan fingerprint density at radius 1 is 1.36 bits per heavy atom. The predicted molar refractivity (Wildman–Crippen MR) is 46.1 cm³/mol. The molecule has 4 N–H and O–H groups in total. The molecule has 0 saturated heterocycles. The predicted octanol–water partition coefficient (Wildman–Crippen LogP) is -0.419. The van der Waals surface area contributed by atoms with Gasteiger partial charge in [0.25, 0.3) is 0 Å². The Morgan fingerprint density at radius 2 is 1.79 bits per heavy atom. The molecule has 0 unspecified atom stereocenters. The number of benzene rings is 1. The fourth-order valence-electron chi connectivity index (χ4n) is 0.537. The molecular weight excluding hydrogens is 234 g/mol. The number of phenolic OH excluding ortho intramolecular Hbond substituents is 1. The first-order valence-electron chi connectivity index (χ1n) is 3.17. The van der Waals surface area contributed by atoms with Gasteiger partial charge < -0.3 is 19.9 Å². The van der Waals surface area contributed by atoms with Crippen molar-refractivity contribution in [1.82, 2.24) is 0 Å². The molecule has 8 heteroatoms. The molecule has 0 heterocycles. The van der Waals surface area contributed by atoms with E-state index in [1.54, 1.807) is 12.1 Å². The van der Waals surface area contributed by atoms with Crippen LogP contribution >= 0.6 is 11.6 Å². The highest BCUT2D eigenvalue weighted by molar-refractivity contribution is 7.79.